The van der Waals surface area contributed by atoms with Crippen molar-refractivity contribution < 1.29 is 0 Å². The molecule has 0 saturated carbocycles. The van der Waals surface area contributed by atoms with Crippen molar-refractivity contribution in [2.75, 3.05) is 13.1 Å². The average molecular weight is 267 g/mol. The highest BCUT2D eigenvalue weighted by atomic mass is 35.5. The van der Waals surface area contributed by atoms with Gasteiger partial charge in [0.15, 0.2) is 0 Å². The number of hydrogen-bond donors (Lipinski definition) is 1. The Balaban J connectivity index is 2.00. The summed E-state index contributed by atoms with van der Waals surface area (Å²) in [5, 5.41) is 0.814. The summed E-state index contributed by atoms with van der Waals surface area (Å²) in [6.07, 6.45) is 1.16. The van der Waals surface area contributed by atoms with E-state index < -0.39 is 0 Å². The summed E-state index contributed by atoms with van der Waals surface area (Å²) >= 11 is 6.03. The van der Waals surface area contributed by atoms with Crippen LogP contribution in [-0.4, -0.2) is 24.0 Å². The molecular weight excluding hydrogens is 244 g/mol. The summed E-state index contributed by atoms with van der Waals surface area (Å²) in [4.78, 5) is 2.46. The van der Waals surface area contributed by atoms with Crippen molar-refractivity contribution in [2.45, 2.75) is 32.9 Å². The maximum Gasteiger partial charge on any atom is 0.0409 e. The van der Waals surface area contributed by atoms with Crippen LogP contribution in [0.3, 0.4) is 0 Å². The number of halogens is 1. The molecule has 0 aromatic heterocycles. The molecule has 2 nitrogen and oxygen atoms in total. The highest BCUT2D eigenvalue weighted by Gasteiger charge is 2.26. The third kappa shape index (κ3) is 3.71. The fourth-order valence-corrected chi connectivity index (χ4v) is 2.99. The number of benzene rings is 1. The Hall–Kier alpha value is -0.570. The molecule has 1 fully saturated rings. The van der Waals surface area contributed by atoms with E-state index in [1.807, 2.05) is 18.2 Å². The lowest BCUT2D eigenvalue weighted by Crippen LogP contribution is -2.47. The zero-order chi connectivity index (χ0) is 13.1. The van der Waals surface area contributed by atoms with Crippen molar-refractivity contribution in [3.63, 3.8) is 0 Å². The van der Waals surface area contributed by atoms with Crippen LogP contribution >= 0.6 is 11.6 Å². The van der Waals surface area contributed by atoms with Crippen LogP contribution < -0.4 is 5.73 Å². The molecule has 2 N–H and O–H groups in total. The van der Waals surface area contributed by atoms with Crippen LogP contribution in [0, 0.1) is 11.8 Å². The van der Waals surface area contributed by atoms with Gasteiger partial charge in [-0.15, -0.1) is 0 Å². The van der Waals surface area contributed by atoms with E-state index in [9.17, 15) is 0 Å². The van der Waals surface area contributed by atoms with Crippen molar-refractivity contribution in [3.05, 3.63) is 34.9 Å². The number of rotatable bonds is 3. The zero-order valence-corrected chi connectivity index (χ0v) is 12.0. The second kappa shape index (κ2) is 6.05. The number of nitrogens with two attached hydrogens (primary N) is 1. The van der Waals surface area contributed by atoms with Crippen LogP contribution in [-0.2, 0) is 6.54 Å². The fraction of sp³-hybridized carbons (Fsp3) is 0.600. The van der Waals surface area contributed by atoms with Gasteiger partial charge >= 0.3 is 0 Å². The minimum absolute atomic E-state index is 0.310. The lowest BCUT2D eigenvalue weighted by Gasteiger charge is -2.38. The highest BCUT2D eigenvalue weighted by Crippen LogP contribution is 2.24. The summed E-state index contributed by atoms with van der Waals surface area (Å²) in [5.74, 6) is 1.42. The van der Waals surface area contributed by atoms with Crippen molar-refractivity contribution >= 4 is 11.6 Å². The Labute approximate surface area is 115 Å². The standard InChI is InChI=1S/C15H23ClN2/c1-11(2)13-7-15(17)10-18(9-13)8-12-4-3-5-14(16)6-12/h3-6,11,13,15H,7-10,17H2,1-2H3. The van der Waals surface area contributed by atoms with E-state index in [2.05, 4.69) is 24.8 Å². The molecule has 2 unspecified atom stereocenters. The summed E-state index contributed by atoms with van der Waals surface area (Å²) in [5.41, 5.74) is 7.45. The van der Waals surface area contributed by atoms with Gasteiger partial charge in [0.05, 0.1) is 0 Å². The molecule has 1 saturated heterocycles. The average Bonchev–Trinajstić information content (AvgIpc) is 2.28. The number of hydrogen-bond acceptors (Lipinski definition) is 2. The molecule has 100 valence electrons. The first kappa shape index (κ1) is 13.9. The molecule has 0 radical (unpaired) electrons. The van der Waals surface area contributed by atoms with E-state index in [0.29, 0.717) is 17.9 Å². The molecule has 1 aliphatic rings. The molecule has 0 aliphatic carbocycles. The Morgan fingerprint density at radius 1 is 1.39 bits per heavy atom. The number of nitrogens with zero attached hydrogens (tertiary/aromatic N) is 1. The molecule has 2 rings (SSSR count). The molecule has 0 spiro atoms. The molecule has 2 atom stereocenters. The van der Waals surface area contributed by atoms with Gasteiger partial charge in [0.2, 0.25) is 0 Å². The molecule has 1 heterocycles. The summed E-state index contributed by atoms with van der Waals surface area (Å²) in [7, 11) is 0. The second-order valence-corrected chi connectivity index (χ2v) is 6.26. The van der Waals surface area contributed by atoms with Crippen LogP contribution in [0.5, 0.6) is 0 Å². The summed E-state index contributed by atoms with van der Waals surface area (Å²) in [6.45, 7) is 7.69. The number of likely N-dealkylation sites (tertiary alicyclic amines) is 1. The van der Waals surface area contributed by atoms with Crippen molar-refractivity contribution in [3.8, 4) is 0 Å². The number of piperidine rings is 1. The van der Waals surface area contributed by atoms with E-state index in [0.717, 1.165) is 31.1 Å². The third-order valence-electron chi connectivity index (χ3n) is 3.83. The van der Waals surface area contributed by atoms with Crippen LogP contribution in [0.25, 0.3) is 0 Å². The molecule has 3 heteroatoms. The SMILES string of the molecule is CC(C)C1CC(N)CN(Cc2cccc(Cl)c2)C1. The van der Waals surface area contributed by atoms with E-state index in [4.69, 9.17) is 17.3 Å². The van der Waals surface area contributed by atoms with Gasteiger partial charge in [0.25, 0.3) is 0 Å². The van der Waals surface area contributed by atoms with Gasteiger partial charge in [0.1, 0.15) is 0 Å². The van der Waals surface area contributed by atoms with Gasteiger partial charge in [0, 0.05) is 30.7 Å². The smallest absolute Gasteiger partial charge is 0.0409 e. The van der Waals surface area contributed by atoms with E-state index in [1.54, 1.807) is 0 Å². The van der Waals surface area contributed by atoms with Gasteiger partial charge in [-0.3, -0.25) is 4.90 Å². The normalized spacial score (nSPS) is 25.6. The van der Waals surface area contributed by atoms with Gasteiger partial charge in [-0.2, -0.15) is 0 Å². The molecule has 1 aromatic rings. The molecule has 18 heavy (non-hydrogen) atoms. The van der Waals surface area contributed by atoms with Gasteiger partial charge in [-0.25, -0.2) is 0 Å². The largest absolute Gasteiger partial charge is 0.327 e. The second-order valence-electron chi connectivity index (χ2n) is 5.82. The van der Waals surface area contributed by atoms with Crippen LogP contribution in [0.1, 0.15) is 25.8 Å². The maximum atomic E-state index is 6.17. The van der Waals surface area contributed by atoms with E-state index >= 15 is 0 Å². The minimum atomic E-state index is 0.310. The first-order valence-corrected chi connectivity index (χ1v) is 7.14. The van der Waals surface area contributed by atoms with E-state index in [-0.39, 0.29) is 0 Å². The Bertz CT molecular complexity index is 392. The molecule has 1 aliphatic heterocycles. The van der Waals surface area contributed by atoms with Crippen LogP contribution in [0.2, 0.25) is 5.02 Å². The lowest BCUT2D eigenvalue weighted by atomic mass is 9.85. The first-order chi connectivity index (χ1) is 8.54. The topological polar surface area (TPSA) is 29.3 Å². The quantitative estimate of drug-likeness (QED) is 0.911. The highest BCUT2D eigenvalue weighted by molar-refractivity contribution is 6.30. The van der Waals surface area contributed by atoms with Crippen molar-refractivity contribution in [1.82, 2.24) is 4.90 Å². The molecule has 1 aromatic carbocycles. The Morgan fingerprint density at radius 3 is 2.83 bits per heavy atom. The first-order valence-electron chi connectivity index (χ1n) is 6.77. The van der Waals surface area contributed by atoms with Gasteiger partial charge in [-0.1, -0.05) is 37.6 Å². The third-order valence-corrected chi connectivity index (χ3v) is 4.06. The monoisotopic (exact) mass is 266 g/mol. The van der Waals surface area contributed by atoms with Crippen LogP contribution in [0.15, 0.2) is 24.3 Å². The zero-order valence-electron chi connectivity index (χ0n) is 11.3. The van der Waals surface area contributed by atoms with Gasteiger partial charge in [-0.05, 0) is 36.0 Å². The molecule has 0 amide bonds. The Morgan fingerprint density at radius 2 is 2.17 bits per heavy atom. The minimum Gasteiger partial charge on any atom is -0.327 e. The van der Waals surface area contributed by atoms with Crippen LogP contribution in [0.4, 0.5) is 0 Å². The van der Waals surface area contributed by atoms with Gasteiger partial charge < -0.3 is 5.73 Å². The predicted molar refractivity (Wildman–Crippen MR) is 77.6 cm³/mol. The summed E-state index contributed by atoms with van der Waals surface area (Å²) in [6, 6.07) is 8.43. The lowest BCUT2D eigenvalue weighted by molar-refractivity contribution is 0.123. The fourth-order valence-electron chi connectivity index (χ4n) is 2.78. The maximum absolute atomic E-state index is 6.17. The van der Waals surface area contributed by atoms with Crippen molar-refractivity contribution in [2.24, 2.45) is 17.6 Å². The van der Waals surface area contributed by atoms with Crippen molar-refractivity contribution in [1.29, 1.82) is 0 Å². The van der Waals surface area contributed by atoms with E-state index in [1.165, 1.54) is 5.56 Å². The Kier molecular flexibility index (Phi) is 4.66. The predicted octanol–water partition coefficient (Wildman–Crippen LogP) is 3.15. The molecular formula is C15H23ClN2. The summed E-state index contributed by atoms with van der Waals surface area (Å²) < 4.78 is 0. The molecule has 0 bridgehead atoms.